The number of hydrogen-bond donors (Lipinski definition) is 1. The number of ether oxygens (including phenoxy) is 2. The molecule has 2 aromatic carbocycles. The second-order valence-electron chi connectivity index (χ2n) is 7.31. The fourth-order valence-corrected chi connectivity index (χ4v) is 3.84. The Kier molecular flexibility index (Phi) is 6.40. The molecule has 3 aromatic rings. The number of rotatable bonds is 7. The van der Waals surface area contributed by atoms with Crippen LogP contribution in [-0.2, 0) is 9.59 Å². The molecular formula is C26H24N2O5. The first-order chi connectivity index (χ1) is 16.0. The maximum absolute atomic E-state index is 13.2. The third-order valence-corrected chi connectivity index (χ3v) is 5.26. The quantitative estimate of drug-likeness (QED) is 0.328. The minimum atomic E-state index is -0.889. The number of carbonyl (C=O) groups is 2. The molecule has 168 valence electrons. The number of anilines is 1. The zero-order chi connectivity index (χ0) is 23.4. The molecule has 1 atom stereocenters. The molecule has 0 spiro atoms. The summed E-state index contributed by atoms with van der Waals surface area (Å²) in [5.74, 6) is -0.591. The molecule has 33 heavy (non-hydrogen) atoms. The average molecular weight is 444 g/mol. The molecule has 1 fully saturated rings. The highest BCUT2D eigenvalue weighted by molar-refractivity contribution is 6.51. The molecule has 0 saturated carbocycles. The van der Waals surface area contributed by atoms with E-state index in [0.29, 0.717) is 41.7 Å². The number of amides is 1. The fourth-order valence-electron chi connectivity index (χ4n) is 3.84. The van der Waals surface area contributed by atoms with Crippen molar-refractivity contribution in [2.24, 2.45) is 0 Å². The molecule has 1 unspecified atom stereocenters. The summed E-state index contributed by atoms with van der Waals surface area (Å²) in [6.45, 7) is 4.71. The normalized spacial score (nSPS) is 17.3. The van der Waals surface area contributed by atoms with Crippen molar-refractivity contribution in [1.82, 2.24) is 4.98 Å². The first-order valence-corrected chi connectivity index (χ1v) is 10.7. The molecule has 1 aliphatic heterocycles. The van der Waals surface area contributed by atoms with Crippen LogP contribution in [0, 0.1) is 0 Å². The molecule has 2 heterocycles. The first-order valence-electron chi connectivity index (χ1n) is 10.7. The number of benzene rings is 2. The van der Waals surface area contributed by atoms with Crippen LogP contribution in [0.15, 0.2) is 78.5 Å². The van der Waals surface area contributed by atoms with E-state index in [2.05, 4.69) is 4.98 Å². The Balaban J connectivity index is 1.86. The molecule has 0 radical (unpaired) electrons. The van der Waals surface area contributed by atoms with Crippen LogP contribution < -0.4 is 14.4 Å². The number of Topliss-reactive ketones (excluding diaryl/α,β-unsaturated/α-hetero) is 1. The molecule has 7 nitrogen and oxygen atoms in total. The van der Waals surface area contributed by atoms with Gasteiger partial charge < -0.3 is 14.6 Å². The summed E-state index contributed by atoms with van der Waals surface area (Å²) in [4.78, 5) is 32.1. The monoisotopic (exact) mass is 444 g/mol. The minimum absolute atomic E-state index is 0.0266. The maximum Gasteiger partial charge on any atom is 0.300 e. The molecule has 1 aromatic heterocycles. The standard InChI is InChI=1S/C26H24N2O5/c1-3-32-19-13-11-18(12-14-19)28-23(21-10-5-6-15-27-21)22(25(30)26(28)31)24(29)17-8-7-9-20(16-17)33-4-2/h5-16,23,29H,3-4H2,1-2H3/b24-22-. The van der Waals surface area contributed by atoms with Gasteiger partial charge in [0.15, 0.2) is 0 Å². The van der Waals surface area contributed by atoms with Gasteiger partial charge in [0.2, 0.25) is 0 Å². The number of pyridine rings is 1. The van der Waals surface area contributed by atoms with Crippen LogP contribution in [0.5, 0.6) is 11.5 Å². The molecule has 1 amide bonds. The summed E-state index contributed by atoms with van der Waals surface area (Å²) in [6.07, 6.45) is 1.59. The van der Waals surface area contributed by atoms with Gasteiger partial charge in [-0.15, -0.1) is 0 Å². The van der Waals surface area contributed by atoms with Crippen LogP contribution in [0.2, 0.25) is 0 Å². The van der Waals surface area contributed by atoms with Crippen LogP contribution in [0.1, 0.15) is 31.1 Å². The van der Waals surface area contributed by atoms with Gasteiger partial charge in [0.1, 0.15) is 23.3 Å². The molecule has 0 aliphatic carbocycles. The van der Waals surface area contributed by atoms with E-state index in [1.807, 2.05) is 13.8 Å². The Hall–Kier alpha value is -4.13. The van der Waals surface area contributed by atoms with Crippen molar-refractivity contribution in [3.8, 4) is 11.5 Å². The Morgan fingerprint density at radius 2 is 1.67 bits per heavy atom. The summed E-state index contributed by atoms with van der Waals surface area (Å²) >= 11 is 0. The first kappa shape index (κ1) is 22.1. The number of nitrogens with zero attached hydrogens (tertiary/aromatic N) is 2. The number of ketones is 1. The van der Waals surface area contributed by atoms with Crippen molar-refractivity contribution in [3.05, 3.63) is 89.8 Å². The van der Waals surface area contributed by atoms with Crippen molar-refractivity contribution in [2.45, 2.75) is 19.9 Å². The van der Waals surface area contributed by atoms with Crippen LogP contribution in [0.3, 0.4) is 0 Å². The molecule has 4 rings (SSSR count). The van der Waals surface area contributed by atoms with Crippen LogP contribution >= 0.6 is 0 Å². The lowest BCUT2D eigenvalue weighted by Crippen LogP contribution is -2.29. The molecule has 0 bridgehead atoms. The zero-order valence-electron chi connectivity index (χ0n) is 18.4. The highest BCUT2D eigenvalue weighted by Crippen LogP contribution is 2.42. The van der Waals surface area contributed by atoms with Gasteiger partial charge in [0, 0.05) is 17.4 Å². The van der Waals surface area contributed by atoms with E-state index in [1.165, 1.54) is 4.90 Å². The summed E-state index contributed by atoms with van der Waals surface area (Å²) in [5, 5.41) is 11.2. The van der Waals surface area contributed by atoms with Gasteiger partial charge in [-0.05, 0) is 62.4 Å². The van der Waals surface area contributed by atoms with E-state index >= 15 is 0 Å². The number of carbonyl (C=O) groups excluding carboxylic acids is 2. The lowest BCUT2D eigenvalue weighted by atomic mass is 9.98. The van der Waals surface area contributed by atoms with E-state index < -0.39 is 17.7 Å². The number of aliphatic hydroxyl groups is 1. The smallest absolute Gasteiger partial charge is 0.300 e. The van der Waals surface area contributed by atoms with Crippen molar-refractivity contribution in [2.75, 3.05) is 18.1 Å². The third kappa shape index (κ3) is 4.30. The molecule has 1 aliphatic rings. The topological polar surface area (TPSA) is 89.0 Å². The Morgan fingerprint density at radius 3 is 2.33 bits per heavy atom. The number of aliphatic hydroxyl groups excluding tert-OH is 1. The van der Waals surface area contributed by atoms with Gasteiger partial charge in [0.05, 0.1) is 24.5 Å². The van der Waals surface area contributed by atoms with Gasteiger partial charge in [-0.3, -0.25) is 19.5 Å². The second kappa shape index (κ2) is 9.56. The van der Waals surface area contributed by atoms with E-state index in [1.54, 1.807) is 72.9 Å². The SMILES string of the molecule is CCOc1ccc(N2C(=O)C(=O)/C(=C(\O)c3cccc(OCC)c3)C2c2ccccn2)cc1. The van der Waals surface area contributed by atoms with Crippen molar-refractivity contribution in [3.63, 3.8) is 0 Å². The minimum Gasteiger partial charge on any atom is -0.507 e. The summed E-state index contributed by atoms with van der Waals surface area (Å²) in [6, 6.07) is 18.0. The van der Waals surface area contributed by atoms with Gasteiger partial charge in [-0.2, -0.15) is 0 Å². The average Bonchev–Trinajstić information content (AvgIpc) is 3.11. The van der Waals surface area contributed by atoms with E-state index in [-0.39, 0.29) is 11.3 Å². The fraction of sp³-hybridized carbons (Fsp3) is 0.192. The second-order valence-corrected chi connectivity index (χ2v) is 7.31. The predicted octanol–water partition coefficient (Wildman–Crippen LogP) is 4.51. The van der Waals surface area contributed by atoms with E-state index in [4.69, 9.17) is 9.47 Å². The third-order valence-electron chi connectivity index (χ3n) is 5.26. The van der Waals surface area contributed by atoms with E-state index in [0.717, 1.165) is 0 Å². The predicted molar refractivity (Wildman–Crippen MR) is 124 cm³/mol. The van der Waals surface area contributed by atoms with Crippen LogP contribution in [0.4, 0.5) is 5.69 Å². The Bertz CT molecular complexity index is 1190. The van der Waals surface area contributed by atoms with Crippen LogP contribution in [0.25, 0.3) is 5.76 Å². The number of hydrogen-bond acceptors (Lipinski definition) is 6. The highest BCUT2D eigenvalue weighted by atomic mass is 16.5. The van der Waals surface area contributed by atoms with Crippen molar-refractivity contribution < 1.29 is 24.2 Å². The summed E-state index contributed by atoms with van der Waals surface area (Å²) in [7, 11) is 0. The van der Waals surface area contributed by atoms with Crippen LogP contribution in [-0.4, -0.2) is 35.0 Å². The molecular weight excluding hydrogens is 420 g/mol. The van der Waals surface area contributed by atoms with Gasteiger partial charge in [-0.25, -0.2) is 0 Å². The molecule has 1 N–H and O–H groups in total. The van der Waals surface area contributed by atoms with Gasteiger partial charge in [-0.1, -0.05) is 18.2 Å². The van der Waals surface area contributed by atoms with Crippen molar-refractivity contribution in [1.29, 1.82) is 0 Å². The Morgan fingerprint density at radius 1 is 0.939 bits per heavy atom. The van der Waals surface area contributed by atoms with Gasteiger partial charge in [0.25, 0.3) is 11.7 Å². The van der Waals surface area contributed by atoms with E-state index in [9.17, 15) is 14.7 Å². The largest absolute Gasteiger partial charge is 0.507 e. The lowest BCUT2D eigenvalue weighted by Gasteiger charge is -2.24. The molecule has 7 heteroatoms. The highest BCUT2D eigenvalue weighted by Gasteiger charge is 2.47. The maximum atomic E-state index is 13.2. The van der Waals surface area contributed by atoms with Gasteiger partial charge >= 0.3 is 0 Å². The summed E-state index contributed by atoms with van der Waals surface area (Å²) < 4.78 is 11.0. The summed E-state index contributed by atoms with van der Waals surface area (Å²) in [5.41, 5.74) is 1.32. The lowest BCUT2D eigenvalue weighted by molar-refractivity contribution is -0.132. The van der Waals surface area contributed by atoms with Crippen molar-refractivity contribution >= 4 is 23.1 Å². The number of aromatic nitrogens is 1. The zero-order valence-corrected chi connectivity index (χ0v) is 18.4. The molecule has 1 saturated heterocycles. The Labute approximate surface area is 191 Å².